The SMILES string of the molecule is CCC(C(=O)NC(C)(C)C)N(C(=O)Cn1nnc(-c2ccc(C)o2)n1)c1ccc(F)cc1. The third-order valence-corrected chi connectivity index (χ3v) is 4.56. The summed E-state index contributed by atoms with van der Waals surface area (Å²) in [4.78, 5) is 28.8. The van der Waals surface area contributed by atoms with Gasteiger partial charge in [-0.25, -0.2) is 4.39 Å². The lowest BCUT2D eigenvalue weighted by Gasteiger charge is -2.32. The van der Waals surface area contributed by atoms with E-state index in [9.17, 15) is 14.0 Å². The first-order valence-electron chi connectivity index (χ1n) is 10.3. The van der Waals surface area contributed by atoms with E-state index in [4.69, 9.17) is 4.42 Å². The third-order valence-electron chi connectivity index (χ3n) is 4.56. The van der Waals surface area contributed by atoms with Crippen LogP contribution in [0, 0.1) is 12.7 Å². The van der Waals surface area contributed by atoms with Gasteiger partial charge in [0, 0.05) is 11.2 Å². The molecule has 1 atom stereocenters. The highest BCUT2D eigenvalue weighted by Crippen LogP contribution is 2.22. The van der Waals surface area contributed by atoms with Gasteiger partial charge in [-0.05, 0) is 75.7 Å². The van der Waals surface area contributed by atoms with Crippen molar-refractivity contribution in [3.8, 4) is 11.6 Å². The number of furan rings is 1. The average Bonchev–Trinajstić information content (AvgIpc) is 3.34. The fourth-order valence-electron chi connectivity index (χ4n) is 3.20. The maximum atomic E-state index is 13.5. The molecular weight excluding hydrogens is 415 g/mol. The lowest BCUT2D eigenvalue weighted by Crippen LogP contribution is -2.54. The van der Waals surface area contributed by atoms with Crippen molar-refractivity contribution in [3.63, 3.8) is 0 Å². The summed E-state index contributed by atoms with van der Waals surface area (Å²) in [6, 6.07) is 8.11. The van der Waals surface area contributed by atoms with Crippen LogP contribution in [0.25, 0.3) is 11.6 Å². The summed E-state index contributed by atoms with van der Waals surface area (Å²) < 4.78 is 19.0. The van der Waals surface area contributed by atoms with Crippen molar-refractivity contribution in [2.75, 3.05) is 4.90 Å². The Bertz CT molecular complexity index is 1080. The normalized spacial score (nSPS) is 12.4. The number of nitrogens with one attached hydrogen (secondary N) is 1. The van der Waals surface area contributed by atoms with Crippen LogP contribution in [0.1, 0.15) is 39.9 Å². The van der Waals surface area contributed by atoms with Crippen molar-refractivity contribution in [2.45, 2.75) is 59.2 Å². The maximum Gasteiger partial charge on any atom is 0.251 e. The second-order valence-electron chi connectivity index (χ2n) is 8.46. The van der Waals surface area contributed by atoms with Crippen molar-refractivity contribution in [3.05, 3.63) is 48.0 Å². The van der Waals surface area contributed by atoms with Gasteiger partial charge in [0.1, 0.15) is 24.2 Å². The second kappa shape index (κ2) is 9.29. The second-order valence-corrected chi connectivity index (χ2v) is 8.46. The van der Waals surface area contributed by atoms with Crippen LogP contribution < -0.4 is 10.2 Å². The molecule has 0 saturated heterocycles. The summed E-state index contributed by atoms with van der Waals surface area (Å²) in [7, 11) is 0. The number of hydrogen-bond acceptors (Lipinski definition) is 6. The Morgan fingerprint density at radius 3 is 2.44 bits per heavy atom. The van der Waals surface area contributed by atoms with Crippen LogP contribution in [0.2, 0.25) is 0 Å². The molecule has 0 bridgehead atoms. The Labute approximate surface area is 185 Å². The number of benzene rings is 1. The van der Waals surface area contributed by atoms with Crippen molar-refractivity contribution in [1.29, 1.82) is 0 Å². The van der Waals surface area contributed by atoms with Crippen molar-refractivity contribution in [2.24, 2.45) is 0 Å². The van der Waals surface area contributed by atoms with Gasteiger partial charge in [-0.3, -0.25) is 14.5 Å². The number of aryl methyl sites for hydroxylation is 1. The fourth-order valence-corrected chi connectivity index (χ4v) is 3.20. The van der Waals surface area contributed by atoms with Crippen LogP contribution in [0.5, 0.6) is 0 Å². The van der Waals surface area contributed by atoms with Gasteiger partial charge in [0.15, 0.2) is 5.76 Å². The molecule has 0 aliphatic carbocycles. The molecule has 2 aromatic heterocycles. The van der Waals surface area contributed by atoms with E-state index in [-0.39, 0.29) is 18.3 Å². The fraction of sp³-hybridized carbons (Fsp3) is 0.409. The molecule has 3 rings (SSSR count). The van der Waals surface area contributed by atoms with E-state index in [0.717, 1.165) is 4.80 Å². The standard InChI is InChI=1S/C22H27FN6O3/c1-6-17(21(31)24-22(3,4)5)29(16-10-8-15(23)9-11-16)19(30)13-28-26-20(25-27-28)18-12-7-14(2)32-18/h7-12,17H,6,13H2,1-5H3,(H,24,31). The summed E-state index contributed by atoms with van der Waals surface area (Å²) in [5.74, 6) is 0.197. The molecule has 1 N–H and O–H groups in total. The Morgan fingerprint density at radius 1 is 1.19 bits per heavy atom. The van der Waals surface area contributed by atoms with Gasteiger partial charge in [-0.2, -0.15) is 4.80 Å². The van der Waals surface area contributed by atoms with E-state index in [2.05, 4.69) is 20.7 Å². The largest absolute Gasteiger partial charge is 0.458 e. The summed E-state index contributed by atoms with van der Waals surface area (Å²) >= 11 is 0. The Kier molecular flexibility index (Phi) is 6.71. The summed E-state index contributed by atoms with van der Waals surface area (Å²) in [6.07, 6.45) is 0.354. The minimum absolute atomic E-state index is 0.247. The molecule has 9 nitrogen and oxygen atoms in total. The third kappa shape index (κ3) is 5.57. The van der Waals surface area contributed by atoms with E-state index in [1.807, 2.05) is 27.7 Å². The van der Waals surface area contributed by atoms with Crippen molar-refractivity contribution < 1.29 is 18.4 Å². The van der Waals surface area contributed by atoms with Crippen LogP contribution >= 0.6 is 0 Å². The van der Waals surface area contributed by atoms with Crippen LogP contribution in [0.15, 0.2) is 40.8 Å². The molecule has 2 heterocycles. The highest BCUT2D eigenvalue weighted by molar-refractivity contribution is 6.00. The van der Waals surface area contributed by atoms with E-state index < -0.39 is 23.3 Å². The van der Waals surface area contributed by atoms with Crippen molar-refractivity contribution >= 4 is 17.5 Å². The highest BCUT2D eigenvalue weighted by Gasteiger charge is 2.32. The lowest BCUT2D eigenvalue weighted by molar-refractivity contribution is -0.128. The van der Waals surface area contributed by atoms with E-state index in [1.165, 1.54) is 29.2 Å². The molecule has 1 aromatic carbocycles. The number of carbonyl (C=O) groups excluding carboxylic acids is 2. The van der Waals surface area contributed by atoms with Gasteiger partial charge in [0.2, 0.25) is 11.7 Å². The number of tetrazole rings is 1. The minimum Gasteiger partial charge on any atom is -0.458 e. The molecule has 2 amide bonds. The van der Waals surface area contributed by atoms with Gasteiger partial charge < -0.3 is 9.73 Å². The molecule has 0 fully saturated rings. The Hall–Kier alpha value is -3.56. The van der Waals surface area contributed by atoms with E-state index in [1.54, 1.807) is 19.1 Å². The number of aromatic nitrogens is 4. The molecule has 0 aliphatic heterocycles. The molecule has 32 heavy (non-hydrogen) atoms. The maximum absolute atomic E-state index is 13.5. The Balaban J connectivity index is 1.88. The lowest BCUT2D eigenvalue weighted by atomic mass is 10.1. The van der Waals surface area contributed by atoms with Crippen LogP contribution in [-0.4, -0.2) is 43.6 Å². The zero-order valence-corrected chi connectivity index (χ0v) is 18.8. The predicted octanol–water partition coefficient (Wildman–Crippen LogP) is 3.11. The minimum atomic E-state index is -0.803. The summed E-state index contributed by atoms with van der Waals surface area (Å²) in [5, 5.41) is 15.0. The first-order valence-corrected chi connectivity index (χ1v) is 10.3. The highest BCUT2D eigenvalue weighted by atomic mass is 19.1. The molecule has 0 aliphatic rings. The molecule has 0 saturated carbocycles. The molecule has 0 spiro atoms. The van der Waals surface area contributed by atoms with Crippen LogP contribution in [-0.2, 0) is 16.1 Å². The zero-order valence-electron chi connectivity index (χ0n) is 18.8. The van der Waals surface area contributed by atoms with Gasteiger partial charge in [0.25, 0.3) is 5.91 Å². The first kappa shape index (κ1) is 23.1. The molecule has 0 radical (unpaired) electrons. The van der Waals surface area contributed by atoms with Gasteiger partial charge in [0.05, 0.1) is 0 Å². The van der Waals surface area contributed by atoms with Crippen LogP contribution in [0.4, 0.5) is 10.1 Å². The smallest absolute Gasteiger partial charge is 0.251 e. The number of halogens is 1. The topological polar surface area (TPSA) is 106 Å². The van der Waals surface area contributed by atoms with Gasteiger partial charge >= 0.3 is 0 Å². The molecule has 10 heteroatoms. The average molecular weight is 442 g/mol. The number of amides is 2. The molecular formula is C22H27FN6O3. The van der Waals surface area contributed by atoms with Crippen LogP contribution in [0.3, 0.4) is 0 Å². The predicted molar refractivity (Wildman–Crippen MR) is 116 cm³/mol. The first-order chi connectivity index (χ1) is 15.1. The molecule has 3 aromatic rings. The number of hydrogen-bond donors (Lipinski definition) is 1. The summed E-state index contributed by atoms with van der Waals surface area (Å²) in [6.45, 7) is 8.92. The van der Waals surface area contributed by atoms with Gasteiger partial charge in [-0.1, -0.05) is 6.92 Å². The molecule has 170 valence electrons. The van der Waals surface area contributed by atoms with E-state index >= 15 is 0 Å². The number of nitrogens with zero attached hydrogens (tertiary/aromatic N) is 5. The van der Waals surface area contributed by atoms with Gasteiger partial charge in [-0.15, -0.1) is 10.2 Å². The number of rotatable bonds is 7. The number of carbonyl (C=O) groups is 2. The summed E-state index contributed by atoms with van der Waals surface area (Å²) in [5.41, 5.74) is -0.0831. The zero-order chi connectivity index (χ0) is 23.5. The molecule has 1 unspecified atom stereocenters. The number of anilines is 1. The van der Waals surface area contributed by atoms with Crippen molar-refractivity contribution in [1.82, 2.24) is 25.5 Å². The quantitative estimate of drug-likeness (QED) is 0.603. The van der Waals surface area contributed by atoms with E-state index in [0.29, 0.717) is 23.6 Å². The monoisotopic (exact) mass is 442 g/mol. The Morgan fingerprint density at radius 2 is 1.88 bits per heavy atom.